The first-order chi connectivity index (χ1) is 7.56. The second-order valence-electron chi connectivity index (χ2n) is 3.92. The van der Waals surface area contributed by atoms with Crippen LogP contribution in [0.25, 0.3) is 0 Å². The molecule has 5 nitrogen and oxygen atoms in total. The van der Waals surface area contributed by atoms with Crippen LogP contribution in [-0.4, -0.2) is 17.8 Å². The highest BCUT2D eigenvalue weighted by molar-refractivity contribution is 6.19. The number of nitrogens with one attached hydrogen (secondary N) is 2. The van der Waals surface area contributed by atoms with Gasteiger partial charge in [0.25, 0.3) is 0 Å². The fourth-order valence-corrected chi connectivity index (χ4v) is 1.82. The molecule has 4 amide bonds. The lowest BCUT2D eigenvalue weighted by atomic mass is 9.77. The highest BCUT2D eigenvalue weighted by Crippen LogP contribution is 2.31. The van der Waals surface area contributed by atoms with Gasteiger partial charge < -0.3 is 0 Å². The lowest BCUT2D eigenvalue weighted by molar-refractivity contribution is -0.144. The first kappa shape index (κ1) is 12.4. The van der Waals surface area contributed by atoms with E-state index in [1.807, 2.05) is 6.92 Å². The maximum atomic E-state index is 11.8. The van der Waals surface area contributed by atoms with E-state index in [9.17, 15) is 14.4 Å². The molecule has 1 heterocycles. The molecule has 5 heteroatoms. The molecule has 0 spiro atoms. The predicted octanol–water partition coefficient (Wildman–Crippen LogP) is 1.11. The number of carbonyl (C=O) groups is 3. The third kappa shape index (κ3) is 2.13. The number of rotatable bonds is 5. The Morgan fingerprint density at radius 1 is 1.25 bits per heavy atom. The van der Waals surface area contributed by atoms with Crippen LogP contribution >= 0.6 is 0 Å². The van der Waals surface area contributed by atoms with Crippen LogP contribution in [0, 0.1) is 5.41 Å². The lowest BCUT2D eigenvalue weighted by Gasteiger charge is -2.33. The van der Waals surface area contributed by atoms with Crippen molar-refractivity contribution >= 4 is 17.8 Å². The van der Waals surface area contributed by atoms with Crippen LogP contribution in [0.2, 0.25) is 0 Å². The van der Waals surface area contributed by atoms with E-state index in [-0.39, 0.29) is 6.42 Å². The fraction of sp³-hybridized carbons (Fsp3) is 0.545. The number of amides is 4. The molecule has 0 aromatic rings. The molecule has 0 aromatic heterocycles. The third-order valence-electron chi connectivity index (χ3n) is 2.77. The minimum absolute atomic E-state index is 0.248. The summed E-state index contributed by atoms with van der Waals surface area (Å²) in [5.41, 5.74) is -1.16. The molecular formula is C11H16N2O3. The van der Waals surface area contributed by atoms with E-state index < -0.39 is 23.3 Å². The molecule has 0 bridgehead atoms. The first-order valence-corrected chi connectivity index (χ1v) is 5.34. The minimum atomic E-state index is -1.16. The van der Waals surface area contributed by atoms with Crippen LogP contribution in [0.4, 0.5) is 4.79 Å². The number of barbiturate groups is 1. The smallest absolute Gasteiger partial charge is 0.277 e. The van der Waals surface area contributed by atoms with Gasteiger partial charge in [0.05, 0.1) is 0 Å². The highest BCUT2D eigenvalue weighted by atomic mass is 16.2. The van der Waals surface area contributed by atoms with Gasteiger partial charge in [-0.15, -0.1) is 6.58 Å². The van der Waals surface area contributed by atoms with Gasteiger partial charge in [0.1, 0.15) is 5.41 Å². The van der Waals surface area contributed by atoms with Crippen LogP contribution in [-0.2, 0) is 9.59 Å². The second kappa shape index (κ2) is 4.92. The summed E-state index contributed by atoms with van der Waals surface area (Å²) >= 11 is 0. The van der Waals surface area contributed by atoms with Crippen LogP contribution in [0.1, 0.15) is 32.6 Å². The number of imide groups is 2. The van der Waals surface area contributed by atoms with Gasteiger partial charge in [-0.2, -0.15) is 0 Å². The number of hydrogen-bond donors (Lipinski definition) is 2. The Morgan fingerprint density at radius 2 is 1.81 bits per heavy atom. The van der Waals surface area contributed by atoms with Crippen molar-refractivity contribution in [1.29, 1.82) is 0 Å². The molecule has 2 N–H and O–H groups in total. The standard InChI is InChI=1S/C11H16N2O3/c1-3-5-7-11(6-4-2)8(14)12-10(16)13-9(11)15/h4H,2-3,5-7H2,1H3,(H2,12,13,14,15,16). The second-order valence-corrected chi connectivity index (χ2v) is 3.92. The van der Waals surface area contributed by atoms with Crippen molar-refractivity contribution in [2.75, 3.05) is 0 Å². The van der Waals surface area contributed by atoms with Gasteiger partial charge >= 0.3 is 6.03 Å². The van der Waals surface area contributed by atoms with Crippen molar-refractivity contribution in [2.45, 2.75) is 32.6 Å². The molecule has 1 aliphatic rings. The monoisotopic (exact) mass is 224 g/mol. The van der Waals surface area contributed by atoms with Crippen LogP contribution in [0.3, 0.4) is 0 Å². The van der Waals surface area contributed by atoms with E-state index in [0.29, 0.717) is 6.42 Å². The van der Waals surface area contributed by atoms with Crippen molar-refractivity contribution in [1.82, 2.24) is 10.6 Å². The third-order valence-corrected chi connectivity index (χ3v) is 2.77. The van der Waals surface area contributed by atoms with Crippen molar-refractivity contribution in [3.8, 4) is 0 Å². The molecule has 1 fully saturated rings. The SMILES string of the molecule is C=CCC1(CCCC)C(=O)NC(=O)NC1=O. The molecular weight excluding hydrogens is 208 g/mol. The maximum absolute atomic E-state index is 11.8. The zero-order valence-corrected chi connectivity index (χ0v) is 9.34. The lowest BCUT2D eigenvalue weighted by Crippen LogP contribution is -2.62. The number of unbranched alkanes of at least 4 members (excludes halogenated alkanes) is 1. The Bertz CT molecular complexity index is 316. The molecule has 0 aromatic carbocycles. The van der Waals surface area contributed by atoms with Gasteiger partial charge in [0.15, 0.2) is 0 Å². The number of hydrogen-bond acceptors (Lipinski definition) is 3. The van der Waals surface area contributed by atoms with Gasteiger partial charge in [-0.1, -0.05) is 25.8 Å². The molecule has 88 valence electrons. The van der Waals surface area contributed by atoms with E-state index >= 15 is 0 Å². The Balaban J connectivity index is 2.96. The number of carbonyl (C=O) groups excluding carboxylic acids is 3. The summed E-state index contributed by atoms with van der Waals surface area (Å²) in [5, 5.41) is 4.27. The Labute approximate surface area is 94.3 Å². The topological polar surface area (TPSA) is 75.3 Å². The highest BCUT2D eigenvalue weighted by Gasteiger charge is 2.48. The number of urea groups is 1. The van der Waals surface area contributed by atoms with Gasteiger partial charge in [0.2, 0.25) is 11.8 Å². The fourth-order valence-electron chi connectivity index (χ4n) is 1.82. The summed E-state index contributed by atoms with van der Waals surface area (Å²) in [6, 6.07) is -0.744. The van der Waals surface area contributed by atoms with Gasteiger partial charge in [-0.25, -0.2) is 4.79 Å². The van der Waals surface area contributed by atoms with E-state index in [1.165, 1.54) is 6.08 Å². The molecule has 0 radical (unpaired) electrons. The maximum Gasteiger partial charge on any atom is 0.328 e. The summed E-state index contributed by atoms with van der Waals surface area (Å²) in [7, 11) is 0. The van der Waals surface area contributed by atoms with Crippen molar-refractivity contribution in [3.63, 3.8) is 0 Å². The molecule has 0 atom stereocenters. The molecule has 0 aliphatic carbocycles. The summed E-state index contributed by atoms with van der Waals surface area (Å²) in [6.45, 7) is 5.53. The van der Waals surface area contributed by atoms with Crippen LogP contribution in [0.15, 0.2) is 12.7 Å². The summed E-state index contributed by atoms with van der Waals surface area (Å²) in [6.07, 6.45) is 3.85. The largest absolute Gasteiger partial charge is 0.328 e. The van der Waals surface area contributed by atoms with E-state index in [1.54, 1.807) is 0 Å². The minimum Gasteiger partial charge on any atom is -0.277 e. The molecule has 1 aliphatic heterocycles. The molecule has 1 rings (SSSR count). The average molecular weight is 224 g/mol. The summed E-state index contributed by atoms with van der Waals surface area (Å²) in [5.74, 6) is -1.04. The summed E-state index contributed by atoms with van der Waals surface area (Å²) < 4.78 is 0. The Hall–Kier alpha value is -1.65. The molecule has 16 heavy (non-hydrogen) atoms. The quantitative estimate of drug-likeness (QED) is 0.542. The predicted molar refractivity (Wildman–Crippen MR) is 58.5 cm³/mol. The van der Waals surface area contributed by atoms with E-state index in [2.05, 4.69) is 17.2 Å². The van der Waals surface area contributed by atoms with Gasteiger partial charge in [0, 0.05) is 0 Å². The number of allylic oxidation sites excluding steroid dienone is 1. The van der Waals surface area contributed by atoms with Gasteiger partial charge in [-0.3, -0.25) is 20.2 Å². The van der Waals surface area contributed by atoms with Crippen molar-refractivity contribution in [3.05, 3.63) is 12.7 Å². The zero-order valence-electron chi connectivity index (χ0n) is 9.34. The molecule has 0 saturated carbocycles. The van der Waals surface area contributed by atoms with Gasteiger partial charge in [-0.05, 0) is 12.8 Å². The Morgan fingerprint density at radius 3 is 2.25 bits per heavy atom. The molecule has 0 unspecified atom stereocenters. The van der Waals surface area contributed by atoms with E-state index in [4.69, 9.17) is 0 Å². The van der Waals surface area contributed by atoms with Crippen molar-refractivity contribution < 1.29 is 14.4 Å². The van der Waals surface area contributed by atoms with Crippen molar-refractivity contribution in [2.24, 2.45) is 5.41 Å². The van der Waals surface area contributed by atoms with Crippen LogP contribution in [0.5, 0.6) is 0 Å². The first-order valence-electron chi connectivity index (χ1n) is 5.34. The van der Waals surface area contributed by atoms with E-state index in [0.717, 1.165) is 12.8 Å². The summed E-state index contributed by atoms with van der Waals surface area (Å²) in [4.78, 5) is 34.5. The normalized spacial score (nSPS) is 18.9. The molecule has 1 saturated heterocycles. The zero-order chi connectivity index (χ0) is 12.2. The van der Waals surface area contributed by atoms with Crippen LogP contribution < -0.4 is 10.6 Å². The Kier molecular flexibility index (Phi) is 3.82. The average Bonchev–Trinajstić information content (AvgIpc) is 2.22.